The lowest BCUT2D eigenvalue weighted by atomic mass is 10.2. The van der Waals surface area contributed by atoms with E-state index in [0.29, 0.717) is 5.25 Å². The number of likely N-dealkylation sites (N-methyl/N-ethyl adjacent to an activating group) is 1. The maximum absolute atomic E-state index is 4.53. The Bertz CT molecular complexity index is 690. The number of aromatic nitrogens is 3. The lowest BCUT2D eigenvalue weighted by molar-refractivity contribution is 0.145. The number of hydrogen-bond donors (Lipinski definition) is 0. The smallest absolute Gasteiger partial charge is 0.151 e. The lowest BCUT2D eigenvalue weighted by Crippen LogP contribution is -2.44. The van der Waals surface area contributed by atoms with Gasteiger partial charge in [-0.1, -0.05) is 19.1 Å². The van der Waals surface area contributed by atoms with Gasteiger partial charge in [0.05, 0.1) is 12.2 Å². The Labute approximate surface area is 141 Å². The number of hydrogen-bond acceptors (Lipinski definition) is 5. The van der Waals surface area contributed by atoms with Crippen LogP contribution >= 0.6 is 11.8 Å². The van der Waals surface area contributed by atoms with Crippen LogP contribution in [0.1, 0.15) is 18.6 Å². The van der Waals surface area contributed by atoms with Crippen molar-refractivity contribution in [3.8, 4) is 5.69 Å². The minimum Gasteiger partial charge on any atom is -0.304 e. The van der Waals surface area contributed by atoms with Crippen LogP contribution in [-0.2, 0) is 13.0 Å². The molecule has 0 radical (unpaired) electrons. The molecule has 6 heteroatoms. The minimum absolute atomic E-state index is 0.526. The fourth-order valence-electron chi connectivity index (χ4n) is 3.33. The summed E-state index contributed by atoms with van der Waals surface area (Å²) < 4.78 is 2.30. The average molecular weight is 329 g/mol. The highest BCUT2D eigenvalue weighted by Crippen LogP contribution is 2.35. The summed E-state index contributed by atoms with van der Waals surface area (Å²) in [5, 5.41) is 9.57. The number of piperazine rings is 1. The predicted octanol–water partition coefficient (Wildman–Crippen LogP) is 2.05. The molecule has 2 aliphatic rings. The van der Waals surface area contributed by atoms with Crippen LogP contribution in [0.3, 0.4) is 0 Å². The van der Waals surface area contributed by atoms with Gasteiger partial charge in [0.25, 0.3) is 0 Å². The van der Waals surface area contributed by atoms with E-state index in [1.807, 2.05) is 11.8 Å². The number of para-hydroxylation sites is 1. The molecule has 0 saturated carbocycles. The van der Waals surface area contributed by atoms with Crippen molar-refractivity contribution < 1.29 is 0 Å². The van der Waals surface area contributed by atoms with E-state index in [0.717, 1.165) is 50.8 Å². The van der Waals surface area contributed by atoms with Gasteiger partial charge in [0, 0.05) is 42.7 Å². The van der Waals surface area contributed by atoms with Crippen molar-refractivity contribution in [2.75, 3.05) is 33.2 Å². The zero-order valence-electron chi connectivity index (χ0n) is 13.8. The Hall–Kier alpha value is -1.37. The second kappa shape index (κ2) is 6.26. The van der Waals surface area contributed by atoms with Crippen LogP contribution in [0.4, 0.5) is 0 Å². The van der Waals surface area contributed by atoms with Crippen LogP contribution in [-0.4, -0.2) is 63.0 Å². The van der Waals surface area contributed by atoms with E-state index in [4.69, 9.17) is 0 Å². The second-order valence-electron chi connectivity index (χ2n) is 6.55. The molecule has 0 aliphatic carbocycles. The van der Waals surface area contributed by atoms with Crippen molar-refractivity contribution in [1.82, 2.24) is 24.6 Å². The molecule has 1 fully saturated rings. The molecule has 0 amide bonds. The maximum Gasteiger partial charge on any atom is 0.151 e. The van der Waals surface area contributed by atoms with Crippen LogP contribution in [0.15, 0.2) is 29.2 Å². The van der Waals surface area contributed by atoms with Gasteiger partial charge in [-0.15, -0.1) is 22.0 Å². The monoisotopic (exact) mass is 329 g/mol. The van der Waals surface area contributed by atoms with Crippen molar-refractivity contribution in [2.24, 2.45) is 0 Å². The first-order valence-electron chi connectivity index (χ1n) is 8.31. The highest BCUT2D eigenvalue weighted by atomic mass is 32.2. The van der Waals surface area contributed by atoms with Crippen LogP contribution in [0, 0.1) is 0 Å². The fraction of sp³-hybridized carbons (Fsp3) is 0.529. The normalized spacial score (nSPS) is 22.4. The third kappa shape index (κ3) is 3.03. The first-order valence-corrected chi connectivity index (χ1v) is 9.19. The summed E-state index contributed by atoms with van der Waals surface area (Å²) >= 11 is 1.94. The summed E-state index contributed by atoms with van der Waals surface area (Å²) in [5.41, 5.74) is 1.24. The average Bonchev–Trinajstić information content (AvgIpc) is 2.85. The first-order chi connectivity index (χ1) is 11.2. The van der Waals surface area contributed by atoms with E-state index in [2.05, 4.69) is 62.8 Å². The van der Waals surface area contributed by atoms with Gasteiger partial charge in [-0.3, -0.25) is 9.47 Å². The largest absolute Gasteiger partial charge is 0.304 e. The highest BCUT2D eigenvalue weighted by Gasteiger charge is 2.25. The van der Waals surface area contributed by atoms with E-state index in [1.54, 1.807) is 0 Å². The van der Waals surface area contributed by atoms with E-state index in [9.17, 15) is 0 Å². The number of nitrogens with zero attached hydrogens (tertiary/aromatic N) is 5. The molecule has 2 aromatic rings. The molecule has 3 heterocycles. The van der Waals surface area contributed by atoms with Crippen molar-refractivity contribution in [3.05, 3.63) is 35.9 Å². The Balaban J connectivity index is 1.67. The summed E-state index contributed by atoms with van der Waals surface area (Å²) in [4.78, 5) is 6.20. The molecule has 0 spiro atoms. The van der Waals surface area contributed by atoms with E-state index < -0.39 is 0 Å². The van der Waals surface area contributed by atoms with Gasteiger partial charge in [0.1, 0.15) is 5.82 Å². The van der Waals surface area contributed by atoms with Crippen LogP contribution in [0.5, 0.6) is 0 Å². The molecule has 23 heavy (non-hydrogen) atoms. The molecule has 0 bridgehead atoms. The maximum atomic E-state index is 4.53. The Morgan fingerprint density at radius 1 is 1.13 bits per heavy atom. The quantitative estimate of drug-likeness (QED) is 0.843. The molecule has 1 atom stereocenters. The number of fused-ring (bicyclic) bond motifs is 3. The van der Waals surface area contributed by atoms with Gasteiger partial charge in [0.2, 0.25) is 0 Å². The van der Waals surface area contributed by atoms with Crippen molar-refractivity contribution in [3.63, 3.8) is 0 Å². The topological polar surface area (TPSA) is 37.2 Å². The van der Waals surface area contributed by atoms with Crippen LogP contribution in [0.2, 0.25) is 0 Å². The third-order valence-electron chi connectivity index (χ3n) is 4.66. The molecule has 2 aliphatic heterocycles. The highest BCUT2D eigenvalue weighted by molar-refractivity contribution is 8.00. The first kappa shape index (κ1) is 15.2. The Morgan fingerprint density at radius 3 is 2.74 bits per heavy atom. The Morgan fingerprint density at radius 2 is 1.91 bits per heavy atom. The van der Waals surface area contributed by atoms with Crippen LogP contribution in [0.25, 0.3) is 5.69 Å². The molecular weight excluding hydrogens is 306 g/mol. The predicted molar refractivity (Wildman–Crippen MR) is 93.2 cm³/mol. The zero-order valence-corrected chi connectivity index (χ0v) is 14.6. The van der Waals surface area contributed by atoms with Gasteiger partial charge in [0.15, 0.2) is 5.82 Å². The molecule has 5 nitrogen and oxygen atoms in total. The number of rotatable bonds is 2. The zero-order chi connectivity index (χ0) is 15.8. The van der Waals surface area contributed by atoms with Gasteiger partial charge < -0.3 is 4.90 Å². The summed E-state index contributed by atoms with van der Waals surface area (Å²) in [6, 6.07) is 8.64. The van der Waals surface area contributed by atoms with E-state index in [1.165, 1.54) is 10.6 Å². The van der Waals surface area contributed by atoms with Crippen molar-refractivity contribution in [2.45, 2.75) is 30.0 Å². The molecule has 1 unspecified atom stereocenters. The van der Waals surface area contributed by atoms with Gasteiger partial charge >= 0.3 is 0 Å². The van der Waals surface area contributed by atoms with Gasteiger partial charge in [-0.25, -0.2) is 0 Å². The van der Waals surface area contributed by atoms with E-state index in [-0.39, 0.29) is 0 Å². The summed E-state index contributed by atoms with van der Waals surface area (Å²) in [5.74, 6) is 2.17. The Kier molecular flexibility index (Phi) is 4.13. The summed E-state index contributed by atoms with van der Waals surface area (Å²) in [6.07, 6.45) is 0.967. The van der Waals surface area contributed by atoms with Crippen molar-refractivity contribution >= 4 is 11.8 Å². The van der Waals surface area contributed by atoms with Crippen molar-refractivity contribution in [1.29, 1.82) is 0 Å². The van der Waals surface area contributed by atoms with Gasteiger partial charge in [-0.2, -0.15) is 0 Å². The number of benzene rings is 1. The molecule has 1 aromatic heterocycles. The molecule has 1 aromatic carbocycles. The van der Waals surface area contributed by atoms with Gasteiger partial charge in [-0.05, 0) is 19.2 Å². The minimum atomic E-state index is 0.526. The standard InChI is InChI=1S/C17H23N5S/c1-13-11-16-18-19-17(12-21-9-7-20(2)8-10-21)22(16)14-5-3-4-6-15(14)23-13/h3-6,13H,7-12H2,1-2H3. The molecular formula is C17H23N5S. The lowest BCUT2D eigenvalue weighted by Gasteiger charge is -2.32. The van der Waals surface area contributed by atoms with E-state index >= 15 is 0 Å². The third-order valence-corrected chi connectivity index (χ3v) is 5.83. The second-order valence-corrected chi connectivity index (χ2v) is 8.03. The van der Waals surface area contributed by atoms with Crippen LogP contribution < -0.4 is 0 Å². The fourth-order valence-corrected chi connectivity index (χ4v) is 4.43. The molecule has 0 N–H and O–H groups in total. The summed E-state index contributed by atoms with van der Waals surface area (Å²) in [6.45, 7) is 7.62. The summed E-state index contributed by atoms with van der Waals surface area (Å²) in [7, 11) is 2.19. The molecule has 1 saturated heterocycles. The molecule has 4 rings (SSSR count). The molecule has 122 valence electrons. The number of thioether (sulfide) groups is 1. The SMILES string of the molecule is CC1Cc2nnc(CN3CCN(C)CC3)n2-c2ccccc2S1.